The van der Waals surface area contributed by atoms with E-state index in [0.29, 0.717) is 18.7 Å². The van der Waals surface area contributed by atoms with Gasteiger partial charge in [0, 0.05) is 13.0 Å². The molecule has 4 heteroatoms. The molecule has 26 heavy (non-hydrogen) atoms. The van der Waals surface area contributed by atoms with Gasteiger partial charge in [-0.3, -0.25) is 4.79 Å². The number of hydrogen-bond acceptors (Lipinski definition) is 3. The molecule has 0 spiro atoms. The quantitative estimate of drug-likeness (QED) is 0.521. The molecule has 1 amide bonds. The summed E-state index contributed by atoms with van der Waals surface area (Å²) in [7, 11) is 1.55. The molecule has 0 atom stereocenters. The maximum atomic E-state index is 12.0. The summed E-state index contributed by atoms with van der Waals surface area (Å²) in [5.74, 6) is 0.751. The van der Waals surface area contributed by atoms with Crippen molar-refractivity contribution in [3.05, 3.63) is 23.3 Å². The molecular formula is C22H37NO3. The molecule has 2 N–H and O–H groups in total. The van der Waals surface area contributed by atoms with Crippen LogP contribution in [0.15, 0.2) is 12.1 Å². The molecule has 0 aliphatic carbocycles. The molecule has 148 valence electrons. The summed E-state index contributed by atoms with van der Waals surface area (Å²) in [5.41, 5.74) is 1.87. The summed E-state index contributed by atoms with van der Waals surface area (Å²) in [6, 6.07) is 3.76. The summed E-state index contributed by atoms with van der Waals surface area (Å²) in [6.45, 7) is 9.07. The predicted molar refractivity (Wildman–Crippen MR) is 108 cm³/mol. The number of aromatic hydroxyl groups is 1. The van der Waals surface area contributed by atoms with Crippen molar-refractivity contribution in [2.24, 2.45) is 5.41 Å². The van der Waals surface area contributed by atoms with Crippen LogP contribution in [0, 0.1) is 5.41 Å². The zero-order valence-corrected chi connectivity index (χ0v) is 17.3. The van der Waals surface area contributed by atoms with E-state index in [4.69, 9.17) is 4.74 Å². The van der Waals surface area contributed by atoms with E-state index in [0.717, 1.165) is 30.4 Å². The van der Waals surface area contributed by atoms with Crippen LogP contribution in [0.25, 0.3) is 0 Å². The number of benzene rings is 1. The van der Waals surface area contributed by atoms with Gasteiger partial charge in [0.1, 0.15) is 0 Å². The molecule has 1 aromatic rings. The fourth-order valence-corrected chi connectivity index (χ4v) is 3.05. The molecule has 0 radical (unpaired) electrons. The minimum atomic E-state index is 0.0577. The Hall–Kier alpha value is -1.71. The summed E-state index contributed by atoms with van der Waals surface area (Å²) in [6.07, 6.45) is 8.40. The standard InChI is InChI=1S/C22H37NO3/c1-6-7-8-9-10-11-12-20(24)23-16-17-13-18(15-22(2,3)4)21(25)19(14-17)26-5/h13-14,25H,6-12,15-16H2,1-5H3,(H,23,24). The first-order valence-corrected chi connectivity index (χ1v) is 9.92. The highest BCUT2D eigenvalue weighted by Crippen LogP contribution is 2.35. The lowest BCUT2D eigenvalue weighted by molar-refractivity contribution is -0.121. The monoisotopic (exact) mass is 363 g/mol. The fourth-order valence-electron chi connectivity index (χ4n) is 3.05. The van der Waals surface area contributed by atoms with E-state index in [-0.39, 0.29) is 17.1 Å². The van der Waals surface area contributed by atoms with Crippen LogP contribution in [-0.2, 0) is 17.8 Å². The molecule has 1 rings (SSSR count). The Kier molecular flexibility index (Phi) is 9.53. The summed E-state index contributed by atoms with van der Waals surface area (Å²) in [5, 5.41) is 13.3. The molecule has 0 bridgehead atoms. The van der Waals surface area contributed by atoms with Crippen LogP contribution in [0.1, 0.15) is 83.8 Å². The third kappa shape index (κ3) is 8.59. The van der Waals surface area contributed by atoms with Gasteiger partial charge < -0.3 is 15.2 Å². The molecule has 0 aliphatic heterocycles. The van der Waals surface area contributed by atoms with Crippen LogP contribution < -0.4 is 10.1 Å². The summed E-state index contributed by atoms with van der Waals surface area (Å²) in [4.78, 5) is 12.0. The molecule has 0 saturated heterocycles. The maximum absolute atomic E-state index is 12.0. The van der Waals surface area contributed by atoms with Crippen molar-refractivity contribution in [3.63, 3.8) is 0 Å². The van der Waals surface area contributed by atoms with Gasteiger partial charge in [0.15, 0.2) is 11.5 Å². The van der Waals surface area contributed by atoms with Gasteiger partial charge in [-0.05, 0) is 35.4 Å². The lowest BCUT2D eigenvalue weighted by Gasteiger charge is -2.20. The first-order valence-electron chi connectivity index (χ1n) is 9.92. The van der Waals surface area contributed by atoms with Crippen molar-refractivity contribution in [2.75, 3.05) is 7.11 Å². The van der Waals surface area contributed by atoms with Crippen LogP contribution in [0.4, 0.5) is 0 Å². The fraction of sp³-hybridized carbons (Fsp3) is 0.682. The van der Waals surface area contributed by atoms with Gasteiger partial charge in [0.05, 0.1) is 7.11 Å². The van der Waals surface area contributed by atoms with Gasteiger partial charge in [0.2, 0.25) is 5.91 Å². The Bertz CT molecular complexity index is 561. The molecule has 0 fully saturated rings. The Morgan fingerprint density at radius 3 is 2.38 bits per heavy atom. The van der Waals surface area contributed by atoms with Gasteiger partial charge in [-0.1, -0.05) is 65.9 Å². The topological polar surface area (TPSA) is 58.6 Å². The van der Waals surface area contributed by atoms with Crippen LogP contribution in [0.5, 0.6) is 11.5 Å². The number of nitrogens with one attached hydrogen (secondary N) is 1. The smallest absolute Gasteiger partial charge is 0.220 e. The van der Waals surface area contributed by atoms with Gasteiger partial charge in [0.25, 0.3) is 0 Å². The van der Waals surface area contributed by atoms with Gasteiger partial charge in [-0.15, -0.1) is 0 Å². The highest BCUT2D eigenvalue weighted by molar-refractivity contribution is 5.75. The largest absolute Gasteiger partial charge is 0.504 e. The van der Waals surface area contributed by atoms with Crippen LogP contribution in [0.3, 0.4) is 0 Å². The first kappa shape index (κ1) is 22.3. The number of ether oxygens (including phenoxy) is 1. The van der Waals surface area contributed by atoms with Crippen molar-refractivity contribution in [1.82, 2.24) is 5.32 Å². The molecule has 0 unspecified atom stereocenters. The van der Waals surface area contributed by atoms with E-state index in [1.807, 2.05) is 6.07 Å². The van der Waals surface area contributed by atoms with Crippen molar-refractivity contribution in [1.29, 1.82) is 0 Å². The molecule has 4 nitrogen and oxygen atoms in total. The van der Waals surface area contributed by atoms with Gasteiger partial charge >= 0.3 is 0 Å². The number of amides is 1. The van der Waals surface area contributed by atoms with Crippen molar-refractivity contribution >= 4 is 5.91 Å². The second kappa shape index (κ2) is 11.1. The number of hydrogen-bond donors (Lipinski definition) is 2. The molecule has 0 heterocycles. The normalized spacial score (nSPS) is 11.4. The third-order valence-electron chi connectivity index (χ3n) is 4.40. The average molecular weight is 364 g/mol. The van der Waals surface area contributed by atoms with Gasteiger partial charge in [-0.25, -0.2) is 0 Å². The maximum Gasteiger partial charge on any atom is 0.220 e. The zero-order chi connectivity index (χ0) is 19.6. The van der Waals surface area contributed by atoms with E-state index >= 15 is 0 Å². The summed E-state index contributed by atoms with van der Waals surface area (Å²) >= 11 is 0. The number of methoxy groups -OCH3 is 1. The second-order valence-electron chi connectivity index (χ2n) is 8.34. The highest BCUT2D eigenvalue weighted by atomic mass is 16.5. The predicted octanol–water partition coefficient (Wildman–Crippen LogP) is 5.36. The average Bonchev–Trinajstić information content (AvgIpc) is 2.57. The van der Waals surface area contributed by atoms with E-state index in [1.165, 1.54) is 25.7 Å². The molecule has 0 aliphatic rings. The second-order valence-corrected chi connectivity index (χ2v) is 8.34. The van der Waals surface area contributed by atoms with Crippen molar-refractivity contribution < 1.29 is 14.6 Å². The van der Waals surface area contributed by atoms with E-state index in [2.05, 4.69) is 33.0 Å². The molecular weight excluding hydrogens is 326 g/mol. The Morgan fingerprint density at radius 1 is 1.12 bits per heavy atom. The lowest BCUT2D eigenvalue weighted by atomic mass is 9.87. The summed E-state index contributed by atoms with van der Waals surface area (Å²) < 4.78 is 5.30. The Balaban J connectivity index is 2.55. The zero-order valence-electron chi connectivity index (χ0n) is 17.3. The first-order chi connectivity index (χ1) is 12.3. The number of carbonyl (C=O) groups excluding carboxylic acids is 1. The van der Waals surface area contributed by atoms with Crippen LogP contribution in [0.2, 0.25) is 0 Å². The van der Waals surface area contributed by atoms with Crippen molar-refractivity contribution in [2.45, 2.75) is 85.6 Å². The highest BCUT2D eigenvalue weighted by Gasteiger charge is 2.18. The van der Waals surface area contributed by atoms with Crippen LogP contribution in [-0.4, -0.2) is 18.1 Å². The molecule has 1 aromatic carbocycles. The van der Waals surface area contributed by atoms with E-state index in [9.17, 15) is 9.90 Å². The number of rotatable bonds is 11. The number of unbranched alkanes of at least 4 members (excludes halogenated alkanes) is 5. The number of phenolic OH excluding ortho intramolecular Hbond substituents is 1. The minimum absolute atomic E-state index is 0.0577. The Labute approximate surface area is 159 Å². The molecule has 0 saturated carbocycles. The Morgan fingerprint density at radius 2 is 1.77 bits per heavy atom. The minimum Gasteiger partial charge on any atom is -0.504 e. The van der Waals surface area contributed by atoms with E-state index < -0.39 is 0 Å². The SMILES string of the molecule is CCCCCCCCC(=O)NCc1cc(CC(C)(C)C)c(O)c(OC)c1. The molecule has 0 aromatic heterocycles. The van der Waals surface area contributed by atoms with Crippen LogP contribution >= 0.6 is 0 Å². The van der Waals surface area contributed by atoms with Gasteiger partial charge in [-0.2, -0.15) is 0 Å². The number of phenols is 1. The number of carbonyl (C=O) groups is 1. The lowest BCUT2D eigenvalue weighted by Crippen LogP contribution is -2.22. The third-order valence-corrected chi connectivity index (χ3v) is 4.40. The van der Waals surface area contributed by atoms with E-state index in [1.54, 1.807) is 13.2 Å². The van der Waals surface area contributed by atoms with Crippen molar-refractivity contribution in [3.8, 4) is 11.5 Å².